The van der Waals surface area contributed by atoms with Gasteiger partial charge in [-0.15, -0.1) is 0 Å². The maximum atomic E-state index is 10.8. The molecule has 1 aromatic rings. The summed E-state index contributed by atoms with van der Waals surface area (Å²) >= 11 is 0. The Morgan fingerprint density at radius 2 is 1.93 bits per heavy atom. The van der Waals surface area contributed by atoms with E-state index in [2.05, 4.69) is 5.32 Å². The summed E-state index contributed by atoms with van der Waals surface area (Å²) < 4.78 is 0. The van der Waals surface area contributed by atoms with Crippen LogP contribution in [0.4, 0.5) is 0 Å². The summed E-state index contributed by atoms with van der Waals surface area (Å²) in [5, 5.41) is 2.68. The Hall–Kier alpha value is -1.35. The summed E-state index contributed by atoms with van der Waals surface area (Å²) in [7, 11) is 0. The summed E-state index contributed by atoms with van der Waals surface area (Å²) in [6, 6.07) is 9.90. The van der Waals surface area contributed by atoms with Gasteiger partial charge in [0.15, 0.2) is 0 Å². The number of benzene rings is 1. The molecular weight excluding hydrogens is 176 g/mol. The molecule has 0 aliphatic rings. The SMILES string of the molecule is CC(=O)NC(N)C(C)c1ccccc1. The molecular formula is C11H16N2O. The molecule has 1 aromatic carbocycles. The third-order valence-electron chi connectivity index (χ3n) is 2.23. The summed E-state index contributed by atoms with van der Waals surface area (Å²) in [5.41, 5.74) is 6.95. The van der Waals surface area contributed by atoms with E-state index in [4.69, 9.17) is 5.73 Å². The summed E-state index contributed by atoms with van der Waals surface area (Å²) in [5.74, 6) is 0.0281. The second kappa shape index (κ2) is 4.77. The molecule has 0 aromatic heterocycles. The molecule has 0 radical (unpaired) electrons. The van der Waals surface area contributed by atoms with Gasteiger partial charge in [0.05, 0.1) is 6.17 Å². The van der Waals surface area contributed by atoms with Crippen LogP contribution in [0.3, 0.4) is 0 Å². The molecule has 3 nitrogen and oxygen atoms in total. The van der Waals surface area contributed by atoms with E-state index >= 15 is 0 Å². The molecule has 14 heavy (non-hydrogen) atoms. The van der Waals surface area contributed by atoms with Crippen molar-refractivity contribution in [2.24, 2.45) is 5.73 Å². The molecule has 1 amide bonds. The summed E-state index contributed by atoms with van der Waals surface area (Å²) in [6.07, 6.45) is -0.324. The van der Waals surface area contributed by atoms with Gasteiger partial charge in [-0.2, -0.15) is 0 Å². The second-order valence-corrected chi connectivity index (χ2v) is 3.43. The number of rotatable bonds is 3. The molecule has 3 heteroatoms. The second-order valence-electron chi connectivity index (χ2n) is 3.43. The van der Waals surface area contributed by atoms with Gasteiger partial charge in [0.1, 0.15) is 0 Å². The van der Waals surface area contributed by atoms with E-state index in [9.17, 15) is 4.79 Å². The number of nitrogens with one attached hydrogen (secondary N) is 1. The number of hydrogen-bond acceptors (Lipinski definition) is 2. The standard InChI is InChI=1S/C11H16N2O/c1-8(11(12)13-9(2)14)10-6-4-3-5-7-10/h3-8,11H,12H2,1-2H3,(H,13,14). The normalized spacial score (nSPS) is 14.5. The first-order chi connectivity index (χ1) is 6.61. The van der Waals surface area contributed by atoms with Gasteiger partial charge in [-0.25, -0.2) is 0 Å². The molecule has 0 bridgehead atoms. The van der Waals surface area contributed by atoms with E-state index in [-0.39, 0.29) is 18.0 Å². The Morgan fingerprint density at radius 3 is 2.43 bits per heavy atom. The zero-order valence-corrected chi connectivity index (χ0v) is 8.53. The lowest BCUT2D eigenvalue weighted by Crippen LogP contribution is -2.43. The minimum absolute atomic E-state index is 0.0970. The highest BCUT2D eigenvalue weighted by Crippen LogP contribution is 2.15. The maximum absolute atomic E-state index is 10.8. The predicted octanol–water partition coefficient (Wildman–Crippen LogP) is 1.21. The highest BCUT2D eigenvalue weighted by atomic mass is 16.1. The van der Waals surface area contributed by atoms with Gasteiger partial charge in [0.25, 0.3) is 0 Å². The van der Waals surface area contributed by atoms with Gasteiger partial charge in [-0.05, 0) is 5.56 Å². The van der Waals surface area contributed by atoms with Gasteiger partial charge in [0, 0.05) is 12.8 Å². The van der Waals surface area contributed by atoms with Gasteiger partial charge in [-0.1, -0.05) is 37.3 Å². The molecule has 0 saturated carbocycles. The summed E-state index contributed by atoms with van der Waals surface area (Å²) in [4.78, 5) is 10.8. The van der Waals surface area contributed by atoms with Crippen molar-refractivity contribution in [3.63, 3.8) is 0 Å². The van der Waals surface area contributed by atoms with Crippen molar-refractivity contribution in [2.75, 3.05) is 0 Å². The third kappa shape index (κ3) is 2.85. The fourth-order valence-electron chi connectivity index (χ4n) is 1.32. The fourth-order valence-corrected chi connectivity index (χ4v) is 1.32. The van der Waals surface area contributed by atoms with E-state index < -0.39 is 0 Å². The van der Waals surface area contributed by atoms with E-state index in [0.29, 0.717) is 0 Å². The quantitative estimate of drug-likeness (QED) is 0.707. The number of carbonyl (C=O) groups is 1. The molecule has 0 spiro atoms. The van der Waals surface area contributed by atoms with E-state index in [1.807, 2.05) is 37.3 Å². The number of carbonyl (C=O) groups excluding carboxylic acids is 1. The van der Waals surface area contributed by atoms with Gasteiger partial charge >= 0.3 is 0 Å². The van der Waals surface area contributed by atoms with Crippen LogP contribution in [-0.4, -0.2) is 12.1 Å². The molecule has 0 fully saturated rings. The monoisotopic (exact) mass is 192 g/mol. The molecule has 0 aliphatic heterocycles. The Kier molecular flexibility index (Phi) is 3.65. The van der Waals surface area contributed by atoms with Crippen LogP contribution in [0.1, 0.15) is 25.3 Å². The van der Waals surface area contributed by atoms with Crippen molar-refractivity contribution >= 4 is 5.91 Å². The predicted molar refractivity (Wildman–Crippen MR) is 56.6 cm³/mol. The first-order valence-electron chi connectivity index (χ1n) is 4.69. The van der Waals surface area contributed by atoms with Crippen molar-refractivity contribution < 1.29 is 4.79 Å². The Morgan fingerprint density at radius 1 is 1.36 bits per heavy atom. The van der Waals surface area contributed by atoms with Crippen LogP contribution >= 0.6 is 0 Å². The Labute approximate surface area is 84.3 Å². The van der Waals surface area contributed by atoms with Crippen LogP contribution in [0, 0.1) is 0 Å². The Bertz CT molecular complexity index is 297. The van der Waals surface area contributed by atoms with E-state index in [1.54, 1.807) is 0 Å². The van der Waals surface area contributed by atoms with Crippen LogP contribution in [0.15, 0.2) is 30.3 Å². The summed E-state index contributed by atoms with van der Waals surface area (Å²) in [6.45, 7) is 3.47. The van der Waals surface area contributed by atoms with Gasteiger partial charge in [-0.3, -0.25) is 4.79 Å². The first kappa shape index (κ1) is 10.7. The zero-order chi connectivity index (χ0) is 10.6. The first-order valence-corrected chi connectivity index (χ1v) is 4.69. The largest absolute Gasteiger partial charge is 0.341 e. The van der Waals surface area contributed by atoms with Gasteiger partial charge in [0.2, 0.25) is 5.91 Å². The van der Waals surface area contributed by atoms with E-state index in [0.717, 1.165) is 5.56 Å². The van der Waals surface area contributed by atoms with Crippen molar-refractivity contribution in [1.82, 2.24) is 5.32 Å². The number of nitrogens with two attached hydrogens (primary N) is 1. The van der Waals surface area contributed by atoms with Crippen molar-refractivity contribution in [1.29, 1.82) is 0 Å². The molecule has 0 aliphatic carbocycles. The number of amides is 1. The minimum Gasteiger partial charge on any atom is -0.341 e. The molecule has 3 N–H and O–H groups in total. The molecule has 1 rings (SSSR count). The average molecular weight is 192 g/mol. The fraction of sp³-hybridized carbons (Fsp3) is 0.364. The Balaban J connectivity index is 2.65. The zero-order valence-electron chi connectivity index (χ0n) is 8.53. The van der Waals surface area contributed by atoms with Crippen molar-refractivity contribution in [3.05, 3.63) is 35.9 Å². The number of hydrogen-bond donors (Lipinski definition) is 2. The highest BCUT2D eigenvalue weighted by molar-refractivity contribution is 5.73. The van der Waals surface area contributed by atoms with Crippen LogP contribution in [0.2, 0.25) is 0 Å². The van der Waals surface area contributed by atoms with Crippen LogP contribution in [-0.2, 0) is 4.79 Å². The minimum atomic E-state index is -0.324. The molecule has 76 valence electrons. The van der Waals surface area contributed by atoms with Crippen LogP contribution < -0.4 is 11.1 Å². The van der Waals surface area contributed by atoms with Crippen molar-refractivity contribution in [2.45, 2.75) is 25.9 Å². The lowest BCUT2D eigenvalue weighted by molar-refractivity contribution is -0.119. The molecule has 2 unspecified atom stereocenters. The van der Waals surface area contributed by atoms with E-state index in [1.165, 1.54) is 6.92 Å². The molecule has 0 heterocycles. The molecule has 2 atom stereocenters. The third-order valence-corrected chi connectivity index (χ3v) is 2.23. The van der Waals surface area contributed by atoms with Crippen molar-refractivity contribution in [3.8, 4) is 0 Å². The topological polar surface area (TPSA) is 55.1 Å². The van der Waals surface area contributed by atoms with Crippen LogP contribution in [0.25, 0.3) is 0 Å². The smallest absolute Gasteiger partial charge is 0.218 e. The maximum Gasteiger partial charge on any atom is 0.218 e. The molecule has 0 saturated heterocycles. The average Bonchev–Trinajstić information content (AvgIpc) is 2.17. The highest BCUT2D eigenvalue weighted by Gasteiger charge is 2.14. The van der Waals surface area contributed by atoms with Gasteiger partial charge < -0.3 is 11.1 Å². The van der Waals surface area contributed by atoms with Crippen LogP contribution in [0.5, 0.6) is 0 Å². The lowest BCUT2D eigenvalue weighted by Gasteiger charge is -2.20. The lowest BCUT2D eigenvalue weighted by atomic mass is 9.98.